The summed E-state index contributed by atoms with van der Waals surface area (Å²) in [5.74, 6) is -0.0901. The number of methoxy groups -OCH3 is 1. The summed E-state index contributed by atoms with van der Waals surface area (Å²) in [6.45, 7) is 0.198. The van der Waals surface area contributed by atoms with Crippen LogP contribution in [0, 0.1) is 0 Å². The molecule has 138 valence electrons. The highest BCUT2D eigenvalue weighted by Gasteiger charge is 2.14. The van der Waals surface area contributed by atoms with Gasteiger partial charge in [-0.05, 0) is 18.2 Å². The van der Waals surface area contributed by atoms with E-state index in [2.05, 4.69) is 5.32 Å². The van der Waals surface area contributed by atoms with Gasteiger partial charge in [0.05, 0.1) is 24.0 Å². The van der Waals surface area contributed by atoms with Gasteiger partial charge in [0.2, 0.25) is 5.91 Å². The molecule has 0 fully saturated rings. The minimum absolute atomic E-state index is 0. The zero-order valence-electron chi connectivity index (χ0n) is 13.5. The molecule has 0 aliphatic rings. The van der Waals surface area contributed by atoms with Crippen LogP contribution in [0.1, 0.15) is 6.42 Å². The number of carbonyl (C=O) groups is 1. The minimum atomic E-state index is -3.13. The lowest BCUT2D eigenvalue weighted by Gasteiger charge is -2.15. The lowest BCUT2D eigenvalue weighted by molar-refractivity contribution is -0.118. The molecule has 1 unspecified atom stereocenters. The lowest BCUT2D eigenvalue weighted by Crippen LogP contribution is -2.28. The van der Waals surface area contributed by atoms with E-state index in [0.29, 0.717) is 16.5 Å². The summed E-state index contributed by atoms with van der Waals surface area (Å²) in [6.07, 6.45) is 0.824. The highest BCUT2D eigenvalue weighted by molar-refractivity contribution is 7.90. The second-order valence-electron chi connectivity index (χ2n) is 4.96. The molecule has 0 heterocycles. The molecule has 1 atom stereocenters. The Morgan fingerprint density at radius 3 is 2.62 bits per heavy atom. The van der Waals surface area contributed by atoms with Crippen LogP contribution in [0.5, 0.6) is 5.75 Å². The zero-order chi connectivity index (χ0) is 17.5. The Labute approximate surface area is 153 Å². The Morgan fingerprint density at radius 2 is 2.08 bits per heavy atom. The van der Waals surface area contributed by atoms with Gasteiger partial charge >= 0.3 is 0 Å². The maximum Gasteiger partial charge on any atom is 0.227 e. The Morgan fingerprint density at radius 1 is 1.42 bits per heavy atom. The largest absolute Gasteiger partial charge is 0.490 e. The lowest BCUT2D eigenvalue weighted by atomic mass is 10.2. The van der Waals surface area contributed by atoms with Crippen molar-refractivity contribution < 1.29 is 22.7 Å². The number of halogens is 2. The van der Waals surface area contributed by atoms with Crippen LogP contribution in [0.15, 0.2) is 18.2 Å². The number of hydrogen-bond donors (Lipinski definition) is 2. The summed E-state index contributed by atoms with van der Waals surface area (Å²) in [4.78, 5) is 12.0. The zero-order valence-corrected chi connectivity index (χ0v) is 15.8. The van der Waals surface area contributed by atoms with E-state index < -0.39 is 9.84 Å². The molecule has 3 N–H and O–H groups in total. The molecule has 0 aliphatic carbocycles. The highest BCUT2D eigenvalue weighted by Crippen LogP contribution is 2.28. The van der Waals surface area contributed by atoms with Crippen molar-refractivity contribution in [2.45, 2.75) is 12.5 Å². The predicted octanol–water partition coefficient (Wildman–Crippen LogP) is 1.49. The van der Waals surface area contributed by atoms with Crippen LogP contribution in [0.25, 0.3) is 0 Å². The normalized spacial score (nSPS) is 12.2. The van der Waals surface area contributed by atoms with E-state index >= 15 is 0 Å². The second kappa shape index (κ2) is 10.7. The fraction of sp³-hybridized carbons (Fsp3) is 0.500. The molecule has 7 nitrogen and oxygen atoms in total. The molecule has 0 aromatic heterocycles. The van der Waals surface area contributed by atoms with Crippen molar-refractivity contribution >= 4 is 45.4 Å². The van der Waals surface area contributed by atoms with E-state index in [0.717, 1.165) is 6.26 Å². The van der Waals surface area contributed by atoms with E-state index in [1.165, 1.54) is 13.2 Å². The monoisotopic (exact) mass is 400 g/mol. The van der Waals surface area contributed by atoms with Gasteiger partial charge in [-0.25, -0.2) is 8.42 Å². The molecular weight excluding hydrogens is 379 g/mol. The van der Waals surface area contributed by atoms with E-state index in [-0.39, 0.29) is 49.7 Å². The molecule has 0 aliphatic heterocycles. The molecule has 0 radical (unpaired) electrons. The van der Waals surface area contributed by atoms with Crippen LogP contribution in [-0.4, -0.2) is 52.7 Å². The van der Waals surface area contributed by atoms with Crippen LogP contribution < -0.4 is 15.8 Å². The Balaban J connectivity index is 0.00000529. The number of sulfone groups is 1. The molecule has 1 aromatic rings. The van der Waals surface area contributed by atoms with Crippen LogP contribution in [0.4, 0.5) is 5.69 Å². The van der Waals surface area contributed by atoms with Crippen molar-refractivity contribution in [3.8, 4) is 5.75 Å². The Kier molecular flexibility index (Phi) is 10.3. The number of carbonyl (C=O) groups excluding carboxylic acids is 1. The highest BCUT2D eigenvalue weighted by atomic mass is 35.5. The average molecular weight is 401 g/mol. The number of rotatable bonds is 9. The maximum absolute atomic E-state index is 12.0. The van der Waals surface area contributed by atoms with E-state index in [1.807, 2.05) is 0 Å². The van der Waals surface area contributed by atoms with Gasteiger partial charge in [0.1, 0.15) is 12.4 Å². The van der Waals surface area contributed by atoms with Crippen molar-refractivity contribution in [3.63, 3.8) is 0 Å². The summed E-state index contributed by atoms with van der Waals surface area (Å²) in [7, 11) is -1.65. The van der Waals surface area contributed by atoms with E-state index in [4.69, 9.17) is 26.8 Å². The molecule has 1 rings (SSSR count). The molecule has 0 bridgehead atoms. The summed E-state index contributed by atoms with van der Waals surface area (Å²) in [5, 5.41) is 3.08. The van der Waals surface area contributed by atoms with Crippen molar-refractivity contribution in [1.29, 1.82) is 0 Å². The quantitative estimate of drug-likeness (QED) is 0.649. The molecule has 0 saturated carbocycles. The third kappa shape index (κ3) is 8.70. The van der Waals surface area contributed by atoms with Crippen LogP contribution >= 0.6 is 24.0 Å². The molecule has 10 heteroatoms. The van der Waals surface area contributed by atoms with Crippen molar-refractivity contribution in [3.05, 3.63) is 23.2 Å². The van der Waals surface area contributed by atoms with Crippen molar-refractivity contribution in [2.24, 2.45) is 5.73 Å². The predicted molar refractivity (Wildman–Crippen MR) is 97.0 cm³/mol. The molecule has 0 saturated heterocycles. The smallest absolute Gasteiger partial charge is 0.227 e. The van der Waals surface area contributed by atoms with Gasteiger partial charge in [0.25, 0.3) is 0 Å². The maximum atomic E-state index is 12.0. The number of anilines is 1. The van der Waals surface area contributed by atoms with Gasteiger partial charge in [0.15, 0.2) is 9.84 Å². The van der Waals surface area contributed by atoms with Gasteiger partial charge in [-0.1, -0.05) is 11.6 Å². The van der Waals surface area contributed by atoms with E-state index in [9.17, 15) is 13.2 Å². The number of nitrogens with one attached hydrogen (secondary N) is 1. The first-order valence-electron chi connectivity index (χ1n) is 6.88. The third-order valence-corrected chi connectivity index (χ3v) is 4.08. The molecule has 1 aromatic carbocycles. The SMILES string of the molecule is COC(CN)CC(=O)Nc1cc(Cl)ccc1OCCS(C)(=O)=O.Cl. The van der Waals surface area contributed by atoms with Crippen LogP contribution in [-0.2, 0) is 19.4 Å². The van der Waals surface area contributed by atoms with Gasteiger partial charge in [0, 0.05) is 24.9 Å². The van der Waals surface area contributed by atoms with Crippen LogP contribution in [0.2, 0.25) is 5.02 Å². The number of benzene rings is 1. The first-order chi connectivity index (χ1) is 10.7. The van der Waals surface area contributed by atoms with Crippen molar-refractivity contribution in [1.82, 2.24) is 0 Å². The fourth-order valence-corrected chi connectivity index (χ4v) is 2.26. The fourth-order valence-electron chi connectivity index (χ4n) is 1.70. The third-order valence-electron chi connectivity index (χ3n) is 2.94. The van der Waals surface area contributed by atoms with Gasteiger partial charge in [-0.2, -0.15) is 0 Å². The number of amides is 1. The Hall–Kier alpha value is -1.06. The summed E-state index contributed by atoms with van der Waals surface area (Å²) in [5.41, 5.74) is 5.84. The molecule has 24 heavy (non-hydrogen) atoms. The van der Waals surface area contributed by atoms with Gasteiger partial charge < -0.3 is 20.5 Å². The molecule has 1 amide bonds. The van der Waals surface area contributed by atoms with Crippen LogP contribution in [0.3, 0.4) is 0 Å². The first kappa shape index (κ1) is 22.9. The average Bonchev–Trinajstić information content (AvgIpc) is 2.45. The summed E-state index contributed by atoms with van der Waals surface area (Å²) in [6, 6.07) is 4.68. The number of nitrogens with two attached hydrogens (primary N) is 1. The number of ether oxygens (including phenoxy) is 2. The summed E-state index contributed by atoms with van der Waals surface area (Å²) < 4.78 is 32.7. The number of hydrogen-bond acceptors (Lipinski definition) is 6. The molecular formula is C14H22Cl2N2O5S. The topological polar surface area (TPSA) is 108 Å². The second-order valence-corrected chi connectivity index (χ2v) is 7.66. The standard InChI is InChI=1S/C14H21ClN2O5S.ClH/c1-21-11(9-16)8-14(18)17-12-7-10(15)3-4-13(12)22-5-6-23(2,19)20;/h3-4,7,11H,5-6,8-9,16H2,1-2H3,(H,17,18);1H. The Bertz CT molecular complexity index is 636. The first-order valence-corrected chi connectivity index (χ1v) is 9.31. The van der Waals surface area contributed by atoms with E-state index in [1.54, 1.807) is 12.1 Å². The molecule has 0 spiro atoms. The van der Waals surface area contributed by atoms with Gasteiger partial charge in [-0.3, -0.25) is 4.79 Å². The van der Waals surface area contributed by atoms with Crippen molar-refractivity contribution in [2.75, 3.05) is 37.6 Å². The minimum Gasteiger partial charge on any atom is -0.490 e. The van der Waals surface area contributed by atoms with Gasteiger partial charge in [-0.15, -0.1) is 12.4 Å². The summed E-state index contributed by atoms with van der Waals surface area (Å²) >= 11 is 5.92.